The van der Waals surface area contributed by atoms with E-state index in [-0.39, 0.29) is 18.2 Å². The van der Waals surface area contributed by atoms with Crippen molar-refractivity contribution in [3.8, 4) is 0 Å². The molecule has 5 nitrogen and oxygen atoms in total. The fraction of sp³-hybridized carbons (Fsp3) is 0.222. The first-order valence-electron chi connectivity index (χ1n) is 4.43. The van der Waals surface area contributed by atoms with Crippen LogP contribution in [0.15, 0.2) is 24.3 Å². The lowest BCUT2D eigenvalue weighted by atomic mass is 10.2. The highest BCUT2D eigenvalue weighted by atomic mass is 127. The maximum atomic E-state index is 11.6. The van der Waals surface area contributed by atoms with Gasteiger partial charge >= 0.3 is 0 Å². The molecule has 0 fully saturated rings. The molecule has 1 aromatic rings. The number of amides is 1. The van der Waals surface area contributed by atoms with Crippen LogP contribution in [0, 0.1) is 3.57 Å². The Bertz CT molecular complexity index is 487. The summed E-state index contributed by atoms with van der Waals surface area (Å²) >= 11 is 2.04. The molecule has 0 aliphatic carbocycles. The zero-order valence-corrected chi connectivity index (χ0v) is 11.3. The van der Waals surface area contributed by atoms with Crippen LogP contribution in [0.1, 0.15) is 10.4 Å². The highest BCUT2D eigenvalue weighted by Gasteiger charge is 2.09. The van der Waals surface area contributed by atoms with Crippen LogP contribution in [-0.4, -0.2) is 26.6 Å². The third-order valence-corrected chi connectivity index (χ3v) is 3.50. The summed E-state index contributed by atoms with van der Waals surface area (Å²) in [5.41, 5.74) is 0.525. The van der Waals surface area contributed by atoms with Gasteiger partial charge in [-0.1, -0.05) is 12.1 Å². The third-order valence-electron chi connectivity index (χ3n) is 1.79. The topological polar surface area (TPSA) is 89.3 Å². The van der Waals surface area contributed by atoms with Crippen LogP contribution in [0.5, 0.6) is 0 Å². The molecule has 1 amide bonds. The molecule has 7 heteroatoms. The van der Waals surface area contributed by atoms with Gasteiger partial charge in [-0.25, -0.2) is 13.6 Å². The minimum atomic E-state index is -3.53. The quantitative estimate of drug-likeness (QED) is 0.763. The van der Waals surface area contributed by atoms with Crippen molar-refractivity contribution in [3.05, 3.63) is 33.4 Å². The van der Waals surface area contributed by atoms with Crippen LogP contribution < -0.4 is 10.5 Å². The zero-order chi connectivity index (χ0) is 12.2. The second-order valence-corrected chi connectivity index (χ2v) is 6.00. The normalized spacial score (nSPS) is 11.1. The summed E-state index contributed by atoms with van der Waals surface area (Å²) in [5.74, 6) is -0.559. The number of benzene rings is 1. The molecule has 0 aliphatic heterocycles. The van der Waals surface area contributed by atoms with E-state index in [0.29, 0.717) is 5.56 Å². The minimum absolute atomic E-state index is 0.0165. The Morgan fingerprint density at radius 3 is 2.56 bits per heavy atom. The number of halogens is 1. The summed E-state index contributed by atoms with van der Waals surface area (Å²) in [6, 6.07) is 7.04. The van der Waals surface area contributed by atoms with Crippen molar-refractivity contribution in [2.75, 3.05) is 12.3 Å². The molecule has 0 saturated heterocycles. The molecule has 0 spiro atoms. The fourth-order valence-electron chi connectivity index (χ4n) is 1.05. The Hall–Kier alpha value is -0.670. The first-order valence-corrected chi connectivity index (χ1v) is 7.23. The van der Waals surface area contributed by atoms with E-state index in [2.05, 4.69) is 5.32 Å². The van der Waals surface area contributed by atoms with Crippen molar-refractivity contribution in [1.82, 2.24) is 5.32 Å². The van der Waals surface area contributed by atoms with E-state index >= 15 is 0 Å². The summed E-state index contributed by atoms with van der Waals surface area (Å²) in [4.78, 5) is 11.6. The second kappa shape index (κ2) is 5.60. The lowest BCUT2D eigenvalue weighted by Crippen LogP contribution is -2.31. The Morgan fingerprint density at radius 1 is 1.38 bits per heavy atom. The number of hydrogen-bond acceptors (Lipinski definition) is 3. The molecule has 0 heterocycles. The molecule has 0 aromatic heterocycles. The van der Waals surface area contributed by atoms with Gasteiger partial charge in [-0.05, 0) is 34.7 Å². The average Bonchev–Trinajstić information content (AvgIpc) is 2.16. The predicted molar refractivity (Wildman–Crippen MR) is 69.5 cm³/mol. The number of nitrogens with two attached hydrogens (primary N) is 1. The largest absolute Gasteiger partial charge is 0.351 e. The van der Waals surface area contributed by atoms with Gasteiger partial charge in [0.15, 0.2) is 0 Å². The number of primary sulfonamides is 1. The summed E-state index contributed by atoms with van der Waals surface area (Å²) in [6.07, 6.45) is 0. The first kappa shape index (κ1) is 13.4. The SMILES string of the molecule is NS(=O)(=O)CCNC(=O)c1ccccc1I. The van der Waals surface area contributed by atoms with Crippen LogP contribution in [-0.2, 0) is 10.0 Å². The van der Waals surface area contributed by atoms with Gasteiger partial charge in [0.05, 0.1) is 11.3 Å². The van der Waals surface area contributed by atoms with Crippen LogP contribution in [0.2, 0.25) is 0 Å². The highest BCUT2D eigenvalue weighted by Crippen LogP contribution is 2.10. The molecule has 0 saturated carbocycles. The number of rotatable bonds is 4. The number of carbonyl (C=O) groups is 1. The van der Waals surface area contributed by atoms with E-state index in [0.717, 1.165) is 3.57 Å². The van der Waals surface area contributed by atoms with E-state index < -0.39 is 10.0 Å². The molecular weight excluding hydrogens is 343 g/mol. The molecule has 0 unspecified atom stereocenters. The van der Waals surface area contributed by atoms with Crippen LogP contribution in [0.4, 0.5) is 0 Å². The first-order chi connectivity index (χ1) is 7.40. The van der Waals surface area contributed by atoms with Crippen molar-refractivity contribution in [2.45, 2.75) is 0 Å². The molecule has 1 aromatic carbocycles. The van der Waals surface area contributed by atoms with Gasteiger partial charge in [-0.2, -0.15) is 0 Å². The van der Waals surface area contributed by atoms with Gasteiger partial charge in [0.2, 0.25) is 10.0 Å². The maximum Gasteiger partial charge on any atom is 0.252 e. The van der Waals surface area contributed by atoms with Gasteiger partial charge < -0.3 is 5.32 Å². The number of sulfonamides is 1. The molecule has 0 atom stereocenters. The van der Waals surface area contributed by atoms with Crippen molar-refractivity contribution in [2.24, 2.45) is 5.14 Å². The predicted octanol–water partition coefficient (Wildman–Crippen LogP) is 0.310. The molecule has 0 radical (unpaired) electrons. The highest BCUT2D eigenvalue weighted by molar-refractivity contribution is 14.1. The van der Waals surface area contributed by atoms with Crippen molar-refractivity contribution < 1.29 is 13.2 Å². The van der Waals surface area contributed by atoms with E-state index in [4.69, 9.17) is 5.14 Å². The van der Waals surface area contributed by atoms with Crippen molar-refractivity contribution in [3.63, 3.8) is 0 Å². The number of carbonyl (C=O) groups excluding carboxylic acids is 1. The van der Waals surface area contributed by atoms with Gasteiger partial charge in [0.1, 0.15) is 0 Å². The Labute approximate surface area is 108 Å². The van der Waals surface area contributed by atoms with E-state index in [1.54, 1.807) is 18.2 Å². The Balaban J connectivity index is 2.57. The molecule has 88 valence electrons. The molecule has 0 aliphatic rings. The van der Waals surface area contributed by atoms with Crippen LogP contribution in [0.3, 0.4) is 0 Å². The Kier molecular flexibility index (Phi) is 4.69. The van der Waals surface area contributed by atoms with Gasteiger partial charge in [0.25, 0.3) is 5.91 Å². The standard InChI is InChI=1S/C9H11IN2O3S/c10-8-4-2-1-3-7(8)9(13)12-5-6-16(11,14)15/h1-4H,5-6H2,(H,12,13)(H2,11,14,15). The van der Waals surface area contributed by atoms with Gasteiger partial charge in [0, 0.05) is 10.1 Å². The van der Waals surface area contributed by atoms with Crippen LogP contribution >= 0.6 is 22.6 Å². The van der Waals surface area contributed by atoms with Crippen molar-refractivity contribution in [1.29, 1.82) is 0 Å². The van der Waals surface area contributed by atoms with E-state index in [9.17, 15) is 13.2 Å². The van der Waals surface area contributed by atoms with Gasteiger partial charge in [-0.15, -0.1) is 0 Å². The molecule has 16 heavy (non-hydrogen) atoms. The van der Waals surface area contributed by atoms with Gasteiger partial charge in [-0.3, -0.25) is 4.79 Å². The summed E-state index contributed by atoms with van der Waals surface area (Å²) < 4.78 is 22.1. The maximum absolute atomic E-state index is 11.6. The number of hydrogen-bond donors (Lipinski definition) is 2. The summed E-state index contributed by atoms with van der Waals surface area (Å²) in [5, 5.41) is 7.30. The monoisotopic (exact) mass is 354 g/mol. The van der Waals surface area contributed by atoms with Crippen LogP contribution in [0.25, 0.3) is 0 Å². The molecule has 1 rings (SSSR count). The van der Waals surface area contributed by atoms with Crippen molar-refractivity contribution >= 4 is 38.5 Å². The number of nitrogens with one attached hydrogen (secondary N) is 1. The lowest BCUT2D eigenvalue weighted by molar-refractivity contribution is 0.0955. The molecular formula is C9H11IN2O3S. The van der Waals surface area contributed by atoms with E-state index in [1.165, 1.54) is 0 Å². The summed E-state index contributed by atoms with van der Waals surface area (Å²) in [6.45, 7) is 0.0165. The molecule has 3 N–H and O–H groups in total. The minimum Gasteiger partial charge on any atom is -0.351 e. The van der Waals surface area contributed by atoms with E-state index in [1.807, 2.05) is 28.7 Å². The lowest BCUT2D eigenvalue weighted by Gasteiger charge is -2.05. The summed E-state index contributed by atoms with van der Waals surface area (Å²) in [7, 11) is -3.53. The fourth-order valence-corrected chi connectivity index (χ4v) is 2.07. The molecule has 0 bridgehead atoms. The zero-order valence-electron chi connectivity index (χ0n) is 8.31. The average molecular weight is 354 g/mol. The Morgan fingerprint density at radius 2 is 2.00 bits per heavy atom. The smallest absolute Gasteiger partial charge is 0.252 e. The second-order valence-electron chi connectivity index (χ2n) is 3.10. The third kappa shape index (κ3) is 4.45.